The van der Waals surface area contributed by atoms with E-state index >= 15 is 0 Å². The number of Topliss-reactive ketones (excluding diaryl/α,β-unsaturated/α-hetero) is 2. The van der Waals surface area contributed by atoms with Crippen LogP contribution in [0.25, 0.3) is 16.7 Å². The molecule has 6 heteroatoms. The van der Waals surface area contributed by atoms with E-state index < -0.39 is 0 Å². The lowest BCUT2D eigenvalue weighted by Crippen LogP contribution is -2.20. The molecule has 0 spiro atoms. The van der Waals surface area contributed by atoms with Gasteiger partial charge in [-0.05, 0) is 63.7 Å². The van der Waals surface area contributed by atoms with Gasteiger partial charge in [0.25, 0.3) is 0 Å². The average Bonchev–Trinajstić information content (AvgIpc) is 3.30. The number of carbonyl (C=O) groups excluding carboxylic acids is 2. The molecule has 0 aliphatic heterocycles. The third-order valence-electron chi connectivity index (χ3n) is 5.12. The molecule has 0 fully saturated rings. The Bertz CT molecular complexity index is 1150. The van der Waals surface area contributed by atoms with Gasteiger partial charge in [-0.1, -0.05) is 25.1 Å². The fourth-order valence-electron chi connectivity index (χ4n) is 3.54. The molecule has 158 valence electrons. The van der Waals surface area contributed by atoms with E-state index in [1.165, 1.54) is 0 Å². The van der Waals surface area contributed by atoms with Crippen molar-refractivity contribution in [3.8, 4) is 22.6 Å². The third kappa shape index (κ3) is 4.54. The number of benzene rings is 2. The molecule has 4 rings (SSSR count). The number of allylic oxidation sites excluding steroid dienone is 1. The molecule has 0 saturated carbocycles. The van der Waals surface area contributed by atoms with Gasteiger partial charge in [0.2, 0.25) is 0 Å². The van der Waals surface area contributed by atoms with Gasteiger partial charge in [0.1, 0.15) is 0 Å². The van der Waals surface area contributed by atoms with Crippen LogP contribution >= 0.6 is 11.3 Å². The van der Waals surface area contributed by atoms with Crippen molar-refractivity contribution in [2.24, 2.45) is 0 Å². The lowest BCUT2D eigenvalue weighted by atomic mass is 9.84. The van der Waals surface area contributed by atoms with Crippen LogP contribution < -0.4 is 10.1 Å². The summed E-state index contributed by atoms with van der Waals surface area (Å²) in [4.78, 5) is 25.0. The first-order valence-electron chi connectivity index (χ1n) is 10.2. The van der Waals surface area contributed by atoms with Gasteiger partial charge in [0.15, 0.2) is 23.1 Å². The molecule has 0 atom stereocenters. The van der Waals surface area contributed by atoms with Crippen LogP contribution in [0, 0.1) is 0 Å². The number of phenolic OH excluding ortho intramolecular Hbond substituents is 1. The summed E-state index contributed by atoms with van der Waals surface area (Å²) in [6, 6.07) is 12.9. The van der Waals surface area contributed by atoms with Crippen molar-refractivity contribution in [2.45, 2.75) is 26.3 Å². The number of carbonyl (C=O) groups is 2. The van der Waals surface area contributed by atoms with E-state index in [2.05, 4.69) is 5.32 Å². The molecule has 0 unspecified atom stereocenters. The maximum Gasteiger partial charge on any atom is 0.172 e. The van der Waals surface area contributed by atoms with Gasteiger partial charge in [0.05, 0.1) is 13.0 Å². The average molecular weight is 434 g/mol. The number of ether oxygens (including phenoxy) is 1. The van der Waals surface area contributed by atoms with Crippen LogP contribution in [0.15, 0.2) is 59.4 Å². The van der Waals surface area contributed by atoms with Gasteiger partial charge >= 0.3 is 0 Å². The zero-order chi connectivity index (χ0) is 21.8. The van der Waals surface area contributed by atoms with Crippen molar-refractivity contribution in [1.29, 1.82) is 0 Å². The minimum absolute atomic E-state index is 0.0884. The highest BCUT2D eigenvalue weighted by Crippen LogP contribution is 2.33. The molecular weight excluding hydrogens is 410 g/mol. The number of phenols is 1. The van der Waals surface area contributed by atoms with Crippen LogP contribution in [0.3, 0.4) is 0 Å². The highest BCUT2D eigenvalue weighted by Gasteiger charge is 2.28. The normalized spacial score (nSPS) is 14.5. The van der Waals surface area contributed by atoms with E-state index in [0.717, 1.165) is 23.1 Å². The number of thiophene rings is 1. The van der Waals surface area contributed by atoms with E-state index in [0.29, 0.717) is 35.6 Å². The Hall–Kier alpha value is -3.38. The third-order valence-corrected chi connectivity index (χ3v) is 5.81. The molecule has 31 heavy (non-hydrogen) atoms. The number of aromatic hydroxyl groups is 1. The van der Waals surface area contributed by atoms with Crippen LogP contribution in [0.2, 0.25) is 0 Å². The van der Waals surface area contributed by atoms with Crippen molar-refractivity contribution >= 4 is 28.5 Å². The van der Waals surface area contributed by atoms with Crippen LogP contribution in [0.1, 0.15) is 41.3 Å². The van der Waals surface area contributed by atoms with Crippen molar-refractivity contribution in [3.05, 3.63) is 76.1 Å². The van der Waals surface area contributed by atoms with Crippen LogP contribution in [0.4, 0.5) is 0 Å². The van der Waals surface area contributed by atoms with Crippen molar-refractivity contribution in [3.63, 3.8) is 0 Å². The fourth-order valence-corrected chi connectivity index (χ4v) is 4.21. The molecule has 3 aromatic rings. The van der Waals surface area contributed by atoms with E-state index in [1.54, 1.807) is 35.7 Å². The lowest BCUT2D eigenvalue weighted by molar-refractivity contribution is -0.113. The molecule has 0 radical (unpaired) electrons. The number of fused-ring (bicyclic) bond motifs is 1. The molecule has 1 aliphatic carbocycles. The van der Waals surface area contributed by atoms with E-state index in [-0.39, 0.29) is 23.7 Å². The molecule has 1 heterocycles. The van der Waals surface area contributed by atoms with Gasteiger partial charge in [-0.15, -0.1) is 0 Å². The second kappa shape index (κ2) is 9.18. The Morgan fingerprint density at radius 2 is 1.94 bits per heavy atom. The van der Waals surface area contributed by atoms with Gasteiger partial charge in [0, 0.05) is 23.9 Å². The van der Waals surface area contributed by atoms with Crippen LogP contribution in [0.5, 0.6) is 11.5 Å². The summed E-state index contributed by atoms with van der Waals surface area (Å²) < 4.78 is 5.49. The molecule has 2 aromatic carbocycles. The van der Waals surface area contributed by atoms with E-state index in [1.807, 2.05) is 41.9 Å². The van der Waals surface area contributed by atoms with Gasteiger partial charge in [-0.25, -0.2) is 0 Å². The summed E-state index contributed by atoms with van der Waals surface area (Å²) in [6.07, 6.45) is 2.41. The molecule has 5 nitrogen and oxygen atoms in total. The van der Waals surface area contributed by atoms with Crippen molar-refractivity contribution in [2.75, 3.05) is 6.61 Å². The Morgan fingerprint density at radius 1 is 1.06 bits per heavy atom. The van der Waals surface area contributed by atoms with Crippen LogP contribution in [-0.4, -0.2) is 23.3 Å². The van der Waals surface area contributed by atoms with Gasteiger partial charge < -0.3 is 15.2 Å². The monoisotopic (exact) mass is 433 g/mol. The van der Waals surface area contributed by atoms with E-state index in [4.69, 9.17) is 4.74 Å². The summed E-state index contributed by atoms with van der Waals surface area (Å²) in [5, 5.41) is 17.3. The fraction of sp³-hybridized carbons (Fsp3) is 0.200. The second-order valence-corrected chi connectivity index (χ2v) is 8.17. The molecule has 1 aromatic heterocycles. The molecule has 0 bridgehead atoms. The first-order chi connectivity index (χ1) is 15.1. The Balaban J connectivity index is 1.56. The maximum atomic E-state index is 12.6. The number of hydrogen-bond donors (Lipinski definition) is 2. The standard InChI is InChI=1S/C25H23NO4S/c1-2-8-30-25-6-3-16(10-24(25)29)13-26-14-21-20-11-17(18-7-9-31-15-18)4-5-19(20)22(27)12-23(21)28/h3-7,9-11,14-15,26,29H,2,8,12-13H2,1H3/b21-14-. The van der Waals surface area contributed by atoms with Crippen molar-refractivity contribution in [1.82, 2.24) is 5.32 Å². The zero-order valence-electron chi connectivity index (χ0n) is 17.2. The summed E-state index contributed by atoms with van der Waals surface area (Å²) in [5.74, 6) is 0.200. The SMILES string of the molecule is CCCOc1ccc(CN/C=C2\C(=O)CC(=O)c3ccc(-c4ccsc4)cc32)cc1O. The topological polar surface area (TPSA) is 75.6 Å². The smallest absolute Gasteiger partial charge is 0.172 e. The molecule has 2 N–H and O–H groups in total. The lowest BCUT2D eigenvalue weighted by Gasteiger charge is -2.18. The number of nitrogens with one attached hydrogen (secondary N) is 1. The summed E-state index contributed by atoms with van der Waals surface area (Å²) >= 11 is 1.60. The van der Waals surface area contributed by atoms with Crippen LogP contribution in [-0.2, 0) is 11.3 Å². The first-order valence-corrected chi connectivity index (χ1v) is 11.1. The highest BCUT2D eigenvalue weighted by molar-refractivity contribution is 7.08. The number of rotatable bonds is 7. The second-order valence-electron chi connectivity index (χ2n) is 7.38. The van der Waals surface area contributed by atoms with Crippen molar-refractivity contribution < 1.29 is 19.4 Å². The number of ketones is 2. The molecular formula is C25H23NO4S. The molecule has 0 saturated heterocycles. The van der Waals surface area contributed by atoms with Gasteiger partial charge in [-0.2, -0.15) is 11.3 Å². The summed E-state index contributed by atoms with van der Waals surface area (Å²) in [7, 11) is 0. The Morgan fingerprint density at radius 3 is 2.68 bits per heavy atom. The Kier molecular flexibility index (Phi) is 6.18. The largest absolute Gasteiger partial charge is 0.504 e. The maximum absolute atomic E-state index is 12.6. The minimum Gasteiger partial charge on any atom is -0.504 e. The molecule has 0 amide bonds. The summed E-state index contributed by atoms with van der Waals surface area (Å²) in [5.41, 5.74) is 4.61. The summed E-state index contributed by atoms with van der Waals surface area (Å²) in [6.45, 7) is 2.97. The predicted molar refractivity (Wildman–Crippen MR) is 122 cm³/mol. The van der Waals surface area contributed by atoms with E-state index in [9.17, 15) is 14.7 Å². The minimum atomic E-state index is -0.196. The Labute approximate surface area is 185 Å². The van der Waals surface area contributed by atoms with Gasteiger partial charge in [-0.3, -0.25) is 9.59 Å². The first kappa shape index (κ1) is 20.9. The molecule has 1 aliphatic rings. The highest BCUT2D eigenvalue weighted by atomic mass is 32.1. The quantitative estimate of drug-likeness (QED) is 0.396. The number of hydrogen-bond acceptors (Lipinski definition) is 6. The predicted octanol–water partition coefficient (Wildman–Crippen LogP) is 5.20. The zero-order valence-corrected chi connectivity index (χ0v) is 18.0.